The minimum atomic E-state index is -3.53. The molecule has 1 aromatic carbocycles. The van der Waals surface area contributed by atoms with Crippen molar-refractivity contribution in [3.8, 4) is 0 Å². The number of amides is 1. The molecule has 3 rings (SSSR count). The molecule has 0 aromatic heterocycles. The molecule has 7 heteroatoms. The highest BCUT2D eigenvalue weighted by molar-refractivity contribution is 7.89. The summed E-state index contributed by atoms with van der Waals surface area (Å²) in [7, 11) is -3.53. The third kappa shape index (κ3) is 3.88. The van der Waals surface area contributed by atoms with E-state index in [1.165, 1.54) is 4.31 Å². The molecule has 0 bridgehead atoms. The standard InChI is InChI=1S/C18H27N3O3S/c1-14-5-6-16(25(23,24)21-9-3-2-4-10-21)13-17(14)18(22)20-11-7-15(19)8-12-20/h5-6,13,15H,2-4,7-12,19H2,1H3. The van der Waals surface area contributed by atoms with Crippen LogP contribution in [0.4, 0.5) is 0 Å². The summed E-state index contributed by atoms with van der Waals surface area (Å²) in [6, 6.07) is 5.05. The largest absolute Gasteiger partial charge is 0.339 e. The van der Waals surface area contributed by atoms with Gasteiger partial charge in [0.1, 0.15) is 0 Å². The van der Waals surface area contributed by atoms with Crippen molar-refractivity contribution in [1.29, 1.82) is 0 Å². The molecule has 2 aliphatic heterocycles. The Labute approximate surface area is 150 Å². The van der Waals surface area contributed by atoms with E-state index in [0.29, 0.717) is 31.7 Å². The van der Waals surface area contributed by atoms with Gasteiger partial charge in [-0.1, -0.05) is 12.5 Å². The van der Waals surface area contributed by atoms with E-state index in [4.69, 9.17) is 5.73 Å². The predicted octanol–water partition coefficient (Wildman–Crippen LogP) is 1.73. The van der Waals surface area contributed by atoms with Gasteiger partial charge in [-0.3, -0.25) is 4.79 Å². The van der Waals surface area contributed by atoms with Crippen molar-refractivity contribution in [3.63, 3.8) is 0 Å². The van der Waals surface area contributed by atoms with Gasteiger partial charge < -0.3 is 10.6 Å². The van der Waals surface area contributed by atoms with Crippen molar-refractivity contribution in [2.75, 3.05) is 26.2 Å². The Morgan fingerprint density at radius 2 is 1.72 bits per heavy atom. The summed E-state index contributed by atoms with van der Waals surface area (Å²) >= 11 is 0. The van der Waals surface area contributed by atoms with Gasteiger partial charge >= 0.3 is 0 Å². The number of aryl methyl sites for hydroxylation is 1. The number of carbonyl (C=O) groups excluding carboxylic acids is 1. The van der Waals surface area contributed by atoms with Crippen molar-refractivity contribution >= 4 is 15.9 Å². The molecule has 0 radical (unpaired) electrons. The van der Waals surface area contributed by atoms with E-state index < -0.39 is 10.0 Å². The van der Waals surface area contributed by atoms with Crippen LogP contribution in [0.15, 0.2) is 23.1 Å². The van der Waals surface area contributed by atoms with Gasteiger partial charge in [-0.25, -0.2) is 8.42 Å². The lowest BCUT2D eigenvalue weighted by Crippen LogP contribution is -2.43. The Morgan fingerprint density at radius 1 is 1.08 bits per heavy atom. The summed E-state index contributed by atoms with van der Waals surface area (Å²) in [6.07, 6.45) is 4.43. The molecule has 6 nitrogen and oxygen atoms in total. The lowest BCUT2D eigenvalue weighted by Gasteiger charge is -2.31. The van der Waals surface area contributed by atoms with Crippen LogP contribution >= 0.6 is 0 Å². The Kier molecular flexibility index (Phi) is 5.46. The van der Waals surface area contributed by atoms with Crippen LogP contribution in [0.25, 0.3) is 0 Å². The summed E-state index contributed by atoms with van der Waals surface area (Å²) < 4.78 is 27.3. The molecule has 1 amide bonds. The first-order valence-electron chi connectivity index (χ1n) is 9.05. The number of benzene rings is 1. The van der Waals surface area contributed by atoms with Crippen LogP contribution < -0.4 is 5.73 Å². The number of nitrogens with two attached hydrogens (primary N) is 1. The van der Waals surface area contributed by atoms with E-state index in [1.54, 1.807) is 23.1 Å². The van der Waals surface area contributed by atoms with Crippen molar-refractivity contribution in [2.45, 2.75) is 50.0 Å². The Hall–Kier alpha value is -1.44. The minimum absolute atomic E-state index is 0.0971. The van der Waals surface area contributed by atoms with Gasteiger partial charge in [0.2, 0.25) is 10.0 Å². The lowest BCUT2D eigenvalue weighted by molar-refractivity contribution is 0.0713. The first kappa shape index (κ1) is 18.4. The fourth-order valence-electron chi connectivity index (χ4n) is 3.52. The maximum Gasteiger partial charge on any atom is 0.254 e. The molecule has 2 aliphatic rings. The number of piperidine rings is 2. The summed E-state index contributed by atoms with van der Waals surface area (Å²) in [6.45, 7) is 4.22. The third-order valence-corrected chi connectivity index (χ3v) is 7.11. The van der Waals surface area contributed by atoms with Crippen LogP contribution in [0.2, 0.25) is 0 Å². The van der Waals surface area contributed by atoms with Gasteiger partial charge in [0.15, 0.2) is 0 Å². The first-order chi connectivity index (χ1) is 11.9. The molecule has 2 saturated heterocycles. The molecule has 2 heterocycles. The zero-order valence-corrected chi connectivity index (χ0v) is 15.6. The molecule has 1 aromatic rings. The smallest absolute Gasteiger partial charge is 0.254 e. The van der Waals surface area contributed by atoms with Gasteiger partial charge in [0, 0.05) is 37.8 Å². The molecule has 0 aliphatic carbocycles. The zero-order valence-electron chi connectivity index (χ0n) is 14.8. The van der Waals surface area contributed by atoms with E-state index in [1.807, 2.05) is 6.92 Å². The van der Waals surface area contributed by atoms with Crippen molar-refractivity contribution in [1.82, 2.24) is 9.21 Å². The Balaban J connectivity index is 1.86. The maximum absolute atomic E-state index is 12.9. The highest BCUT2D eigenvalue weighted by atomic mass is 32.2. The van der Waals surface area contributed by atoms with E-state index >= 15 is 0 Å². The molecule has 138 valence electrons. The zero-order chi connectivity index (χ0) is 18.0. The monoisotopic (exact) mass is 365 g/mol. The van der Waals surface area contributed by atoms with Gasteiger partial charge in [0.25, 0.3) is 5.91 Å². The third-order valence-electron chi connectivity index (χ3n) is 5.22. The van der Waals surface area contributed by atoms with Crippen LogP contribution in [-0.2, 0) is 10.0 Å². The fraction of sp³-hybridized carbons (Fsp3) is 0.611. The number of hydrogen-bond donors (Lipinski definition) is 1. The maximum atomic E-state index is 12.9. The number of carbonyl (C=O) groups is 1. The topological polar surface area (TPSA) is 83.7 Å². The normalized spacial score (nSPS) is 20.6. The van der Waals surface area contributed by atoms with Gasteiger partial charge in [0.05, 0.1) is 4.90 Å². The average Bonchev–Trinajstić information content (AvgIpc) is 2.63. The second kappa shape index (κ2) is 7.43. The minimum Gasteiger partial charge on any atom is -0.339 e. The molecule has 25 heavy (non-hydrogen) atoms. The number of nitrogens with zero attached hydrogens (tertiary/aromatic N) is 2. The molecular weight excluding hydrogens is 338 g/mol. The summed E-state index contributed by atoms with van der Waals surface area (Å²) in [5, 5.41) is 0. The highest BCUT2D eigenvalue weighted by Crippen LogP contribution is 2.24. The van der Waals surface area contributed by atoms with Crippen molar-refractivity contribution in [2.24, 2.45) is 5.73 Å². The molecule has 2 N–H and O–H groups in total. The number of likely N-dealkylation sites (tertiary alicyclic amines) is 1. The van der Waals surface area contributed by atoms with E-state index in [2.05, 4.69) is 0 Å². The van der Waals surface area contributed by atoms with Crippen LogP contribution in [0.3, 0.4) is 0 Å². The van der Waals surface area contributed by atoms with Crippen LogP contribution in [0.5, 0.6) is 0 Å². The van der Waals surface area contributed by atoms with Crippen LogP contribution in [0, 0.1) is 6.92 Å². The lowest BCUT2D eigenvalue weighted by atomic mass is 10.0. The summed E-state index contributed by atoms with van der Waals surface area (Å²) in [5.41, 5.74) is 7.19. The predicted molar refractivity (Wildman–Crippen MR) is 96.9 cm³/mol. The Bertz CT molecular complexity index is 734. The molecule has 0 unspecified atom stereocenters. The molecule has 2 fully saturated rings. The molecule has 0 atom stereocenters. The number of rotatable bonds is 3. The fourth-order valence-corrected chi connectivity index (χ4v) is 5.06. The van der Waals surface area contributed by atoms with E-state index in [9.17, 15) is 13.2 Å². The molecule has 0 saturated carbocycles. The highest BCUT2D eigenvalue weighted by Gasteiger charge is 2.28. The van der Waals surface area contributed by atoms with E-state index in [-0.39, 0.29) is 16.8 Å². The Morgan fingerprint density at radius 3 is 2.36 bits per heavy atom. The van der Waals surface area contributed by atoms with Crippen LogP contribution in [-0.4, -0.2) is 55.8 Å². The quantitative estimate of drug-likeness (QED) is 0.884. The molecule has 0 spiro atoms. The van der Waals surface area contributed by atoms with E-state index in [0.717, 1.165) is 37.7 Å². The second-order valence-electron chi connectivity index (χ2n) is 7.07. The summed E-state index contributed by atoms with van der Waals surface area (Å²) in [4.78, 5) is 14.9. The first-order valence-corrected chi connectivity index (χ1v) is 10.5. The second-order valence-corrected chi connectivity index (χ2v) is 9.01. The number of hydrogen-bond acceptors (Lipinski definition) is 4. The average molecular weight is 365 g/mol. The van der Waals surface area contributed by atoms with Crippen LogP contribution in [0.1, 0.15) is 48.0 Å². The number of sulfonamides is 1. The molecular formula is C18H27N3O3S. The van der Waals surface area contributed by atoms with Gasteiger partial charge in [-0.2, -0.15) is 4.31 Å². The SMILES string of the molecule is Cc1ccc(S(=O)(=O)N2CCCCC2)cc1C(=O)N1CCC(N)CC1. The van der Waals surface area contributed by atoms with Gasteiger partial charge in [-0.05, 0) is 50.3 Å². The van der Waals surface area contributed by atoms with Gasteiger partial charge in [-0.15, -0.1) is 0 Å². The van der Waals surface area contributed by atoms with Crippen molar-refractivity contribution in [3.05, 3.63) is 29.3 Å². The summed E-state index contributed by atoms with van der Waals surface area (Å²) in [5.74, 6) is -0.0971. The van der Waals surface area contributed by atoms with Crippen molar-refractivity contribution < 1.29 is 13.2 Å².